The first-order chi connectivity index (χ1) is 12.1. The number of benzene rings is 1. The Labute approximate surface area is 146 Å². The molecule has 1 aliphatic rings. The number of para-hydroxylation sites is 2. The largest absolute Gasteiger partial charge is 0.332 e. The third kappa shape index (κ3) is 2.62. The highest BCUT2D eigenvalue weighted by Crippen LogP contribution is 2.33. The number of fused-ring (bicyclic) bond motifs is 1. The Morgan fingerprint density at radius 3 is 2.84 bits per heavy atom. The molecule has 1 atom stereocenters. The van der Waals surface area contributed by atoms with Gasteiger partial charge in [0.15, 0.2) is 0 Å². The summed E-state index contributed by atoms with van der Waals surface area (Å²) in [6.07, 6.45) is 2.38. The molecule has 130 valence electrons. The van der Waals surface area contributed by atoms with Crippen molar-refractivity contribution in [2.75, 3.05) is 6.54 Å². The molecule has 0 radical (unpaired) electrons. The molecule has 1 fully saturated rings. The molecule has 1 aliphatic heterocycles. The van der Waals surface area contributed by atoms with E-state index in [0.717, 1.165) is 53.2 Å². The lowest BCUT2D eigenvalue weighted by molar-refractivity contribution is -0.131. The highest BCUT2D eigenvalue weighted by atomic mass is 16.2. The van der Waals surface area contributed by atoms with Gasteiger partial charge in [0, 0.05) is 24.8 Å². The zero-order valence-electron chi connectivity index (χ0n) is 14.9. The summed E-state index contributed by atoms with van der Waals surface area (Å²) in [7, 11) is 2.04. The standard InChI is InChI=1S/C19H23N5O/c1-12-14(13(2)22-21-12)11-18(25)24-10-6-9-17(24)19-20-15-7-4-5-8-16(15)23(19)3/h4-5,7-8,17H,6,9-11H2,1-3H3,(H,21,22)/t17-/m0/s1. The first-order valence-electron chi connectivity index (χ1n) is 8.77. The summed E-state index contributed by atoms with van der Waals surface area (Å²) in [5.41, 5.74) is 4.99. The maximum absolute atomic E-state index is 13.0. The number of carbonyl (C=O) groups is 1. The minimum Gasteiger partial charge on any atom is -0.332 e. The monoisotopic (exact) mass is 337 g/mol. The molecule has 3 aromatic rings. The molecule has 6 nitrogen and oxygen atoms in total. The number of H-pyrrole nitrogens is 1. The number of likely N-dealkylation sites (tertiary alicyclic amines) is 1. The topological polar surface area (TPSA) is 66.8 Å². The van der Waals surface area contributed by atoms with Gasteiger partial charge in [0.25, 0.3) is 0 Å². The van der Waals surface area contributed by atoms with Gasteiger partial charge in [-0.1, -0.05) is 12.1 Å². The Bertz CT molecular complexity index is 919. The van der Waals surface area contributed by atoms with E-state index in [0.29, 0.717) is 6.42 Å². The average Bonchev–Trinajstić information content (AvgIpc) is 3.29. The van der Waals surface area contributed by atoms with Crippen molar-refractivity contribution < 1.29 is 4.79 Å². The number of nitrogens with zero attached hydrogens (tertiary/aromatic N) is 4. The number of aromatic nitrogens is 4. The normalized spacial score (nSPS) is 17.6. The van der Waals surface area contributed by atoms with Crippen LogP contribution < -0.4 is 0 Å². The zero-order chi connectivity index (χ0) is 17.6. The van der Waals surface area contributed by atoms with E-state index in [1.54, 1.807) is 0 Å². The first kappa shape index (κ1) is 15.9. The lowest BCUT2D eigenvalue weighted by Crippen LogP contribution is -2.33. The van der Waals surface area contributed by atoms with Gasteiger partial charge in [0.1, 0.15) is 5.82 Å². The van der Waals surface area contributed by atoms with E-state index in [-0.39, 0.29) is 11.9 Å². The van der Waals surface area contributed by atoms with E-state index in [4.69, 9.17) is 4.98 Å². The minimum absolute atomic E-state index is 0.0532. The van der Waals surface area contributed by atoms with Crippen molar-refractivity contribution in [3.63, 3.8) is 0 Å². The maximum atomic E-state index is 13.0. The Kier molecular flexibility index (Phi) is 3.82. The Morgan fingerprint density at radius 1 is 1.32 bits per heavy atom. The predicted molar refractivity (Wildman–Crippen MR) is 96.2 cm³/mol. The summed E-state index contributed by atoms with van der Waals surface area (Å²) in [4.78, 5) is 19.8. The van der Waals surface area contributed by atoms with Crippen LogP contribution in [0.1, 0.15) is 41.7 Å². The van der Waals surface area contributed by atoms with Gasteiger partial charge in [-0.15, -0.1) is 0 Å². The number of rotatable bonds is 3. The summed E-state index contributed by atoms with van der Waals surface area (Å²) in [5, 5.41) is 7.17. The molecule has 0 aliphatic carbocycles. The van der Waals surface area contributed by atoms with Crippen molar-refractivity contribution in [2.24, 2.45) is 7.05 Å². The molecular weight excluding hydrogens is 314 g/mol. The van der Waals surface area contributed by atoms with E-state index in [1.807, 2.05) is 44.0 Å². The van der Waals surface area contributed by atoms with Crippen molar-refractivity contribution in [3.05, 3.63) is 47.0 Å². The van der Waals surface area contributed by atoms with Crippen molar-refractivity contribution in [3.8, 4) is 0 Å². The molecule has 0 spiro atoms. The Hall–Kier alpha value is -2.63. The predicted octanol–water partition coefficient (Wildman–Crippen LogP) is 2.82. The molecule has 25 heavy (non-hydrogen) atoms. The molecular formula is C19H23N5O. The second-order valence-electron chi connectivity index (χ2n) is 6.85. The van der Waals surface area contributed by atoms with E-state index in [9.17, 15) is 4.79 Å². The molecule has 0 bridgehead atoms. The number of hydrogen-bond acceptors (Lipinski definition) is 3. The van der Waals surface area contributed by atoms with Gasteiger partial charge in [0.05, 0.1) is 29.2 Å². The summed E-state index contributed by atoms with van der Waals surface area (Å²) in [6.45, 7) is 4.71. The van der Waals surface area contributed by atoms with Crippen LogP contribution in [0.15, 0.2) is 24.3 Å². The second kappa shape index (κ2) is 6.02. The highest BCUT2D eigenvalue weighted by Gasteiger charge is 2.33. The summed E-state index contributed by atoms with van der Waals surface area (Å²) >= 11 is 0. The fourth-order valence-corrected chi connectivity index (χ4v) is 3.88. The van der Waals surface area contributed by atoms with E-state index >= 15 is 0 Å². The SMILES string of the molecule is Cc1n[nH]c(C)c1CC(=O)N1CCC[C@H]1c1nc2ccccc2n1C. The molecule has 1 saturated heterocycles. The van der Waals surface area contributed by atoms with Crippen LogP contribution in [0.5, 0.6) is 0 Å². The smallest absolute Gasteiger partial charge is 0.227 e. The van der Waals surface area contributed by atoms with Crippen LogP contribution in [0.2, 0.25) is 0 Å². The van der Waals surface area contributed by atoms with Crippen LogP contribution in [-0.2, 0) is 18.3 Å². The first-order valence-corrected chi connectivity index (χ1v) is 8.77. The quantitative estimate of drug-likeness (QED) is 0.799. The second-order valence-corrected chi connectivity index (χ2v) is 6.85. The zero-order valence-corrected chi connectivity index (χ0v) is 14.9. The number of carbonyl (C=O) groups excluding carboxylic acids is 1. The van der Waals surface area contributed by atoms with Crippen molar-refractivity contribution in [2.45, 2.75) is 39.2 Å². The van der Waals surface area contributed by atoms with Gasteiger partial charge in [0.2, 0.25) is 5.91 Å². The van der Waals surface area contributed by atoms with Crippen LogP contribution in [0.3, 0.4) is 0 Å². The van der Waals surface area contributed by atoms with Crippen LogP contribution in [-0.4, -0.2) is 37.1 Å². The third-order valence-electron chi connectivity index (χ3n) is 5.30. The summed E-state index contributed by atoms with van der Waals surface area (Å²) in [5.74, 6) is 1.13. The number of hydrogen-bond donors (Lipinski definition) is 1. The van der Waals surface area contributed by atoms with E-state index in [1.165, 1.54) is 0 Å². The lowest BCUT2D eigenvalue weighted by Gasteiger charge is -2.24. The third-order valence-corrected chi connectivity index (χ3v) is 5.30. The molecule has 3 heterocycles. The van der Waals surface area contributed by atoms with Gasteiger partial charge < -0.3 is 9.47 Å². The Balaban J connectivity index is 1.63. The fourth-order valence-electron chi connectivity index (χ4n) is 3.88. The van der Waals surface area contributed by atoms with Crippen LogP contribution >= 0.6 is 0 Å². The molecule has 4 rings (SSSR count). The number of aromatic amines is 1. The molecule has 1 N–H and O–H groups in total. The van der Waals surface area contributed by atoms with Gasteiger partial charge in [-0.2, -0.15) is 5.10 Å². The molecule has 1 aromatic carbocycles. The number of aryl methyl sites for hydroxylation is 3. The number of imidazole rings is 1. The summed E-state index contributed by atoms with van der Waals surface area (Å²) in [6, 6.07) is 8.18. The van der Waals surface area contributed by atoms with Crippen molar-refractivity contribution >= 4 is 16.9 Å². The van der Waals surface area contributed by atoms with Crippen molar-refractivity contribution in [1.29, 1.82) is 0 Å². The van der Waals surface area contributed by atoms with Gasteiger partial charge in [-0.05, 0) is 38.8 Å². The molecule has 2 aromatic heterocycles. The Morgan fingerprint density at radius 2 is 2.12 bits per heavy atom. The van der Waals surface area contributed by atoms with Gasteiger partial charge >= 0.3 is 0 Å². The van der Waals surface area contributed by atoms with E-state index < -0.39 is 0 Å². The average molecular weight is 337 g/mol. The summed E-state index contributed by atoms with van der Waals surface area (Å²) < 4.78 is 2.12. The molecule has 6 heteroatoms. The number of amides is 1. The van der Waals surface area contributed by atoms with Crippen molar-refractivity contribution in [1.82, 2.24) is 24.6 Å². The van der Waals surface area contributed by atoms with Gasteiger partial charge in [-0.3, -0.25) is 9.89 Å². The molecule has 0 saturated carbocycles. The lowest BCUT2D eigenvalue weighted by atomic mass is 10.1. The number of nitrogens with one attached hydrogen (secondary N) is 1. The maximum Gasteiger partial charge on any atom is 0.227 e. The van der Waals surface area contributed by atoms with Crippen LogP contribution in [0.4, 0.5) is 0 Å². The highest BCUT2D eigenvalue weighted by molar-refractivity contribution is 5.80. The van der Waals surface area contributed by atoms with Crippen LogP contribution in [0, 0.1) is 13.8 Å². The van der Waals surface area contributed by atoms with Crippen LogP contribution in [0.25, 0.3) is 11.0 Å². The van der Waals surface area contributed by atoms with E-state index in [2.05, 4.69) is 20.8 Å². The fraction of sp³-hybridized carbons (Fsp3) is 0.421. The van der Waals surface area contributed by atoms with Gasteiger partial charge in [-0.25, -0.2) is 4.98 Å². The molecule has 0 unspecified atom stereocenters. The molecule has 1 amide bonds. The minimum atomic E-state index is 0.0532.